The van der Waals surface area contributed by atoms with Gasteiger partial charge in [0.25, 0.3) is 0 Å². The maximum Gasteiger partial charge on any atom is 0.119 e. The molecular weight excluding hydrogens is 238 g/mol. The van der Waals surface area contributed by atoms with Crippen molar-refractivity contribution in [3.05, 3.63) is 29.8 Å². The molecule has 0 bridgehead atoms. The molecule has 0 aliphatic carbocycles. The average Bonchev–Trinajstić information content (AvgIpc) is 2.36. The Balaban J connectivity index is 2.55. The molecule has 0 saturated carbocycles. The van der Waals surface area contributed by atoms with Crippen LogP contribution in [0.3, 0.4) is 0 Å². The molecule has 0 aromatic heterocycles. The van der Waals surface area contributed by atoms with Gasteiger partial charge in [0.2, 0.25) is 0 Å². The summed E-state index contributed by atoms with van der Waals surface area (Å²) in [6, 6.07) is 8.06. The monoisotopic (exact) mass is 265 g/mol. The first-order chi connectivity index (χ1) is 8.99. The van der Waals surface area contributed by atoms with Crippen LogP contribution in [0.5, 0.6) is 5.75 Å². The lowest BCUT2D eigenvalue weighted by Gasteiger charge is -2.31. The maximum absolute atomic E-state index is 9.55. The van der Waals surface area contributed by atoms with Gasteiger partial charge in [-0.25, -0.2) is 0 Å². The molecule has 0 aliphatic heterocycles. The molecule has 0 saturated heterocycles. The van der Waals surface area contributed by atoms with Crippen molar-refractivity contribution < 1.29 is 9.84 Å². The van der Waals surface area contributed by atoms with E-state index in [0.717, 1.165) is 25.1 Å². The predicted molar refractivity (Wildman–Crippen MR) is 79.7 cm³/mol. The van der Waals surface area contributed by atoms with Crippen LogP contribution < -0.4 is 10.1 Å². The molecule has 0 radical (unpaired) electrons. The molecule has 0 aliphatic rings. The Hall–Kier alpha value is -1.06. The van der Waals surface area contributed by atoms with Gasteiger partial charge in [0, 0.05) is 12.0 Å². The van der Waals surface area contributed by atoms with Gasteiger partial charge < -0.3 is 15.2 Å². The van der Waals surface area contributed by atoms with Crippen LogP contribution >= 0.6 is 0 Å². The van der Waals surface area contributed by atoms with Crippen LogP contribution in [0.4, 0.5) is 0 Å². The van der Waals surface area contributed by atoms with E-state index >= 15 is 0 Å². The highest BCUT2D eigenvalue weighted by molar-refractivity contribution is 5.27. The van der Waals surface area contributed by atoms with Gasteiger partial charge in [0.05, 0.1) is 12.7 Å². The number of aryl methyl sites for hydroxylation is 1. The van der Waals surface area contributed by atoms with Gasteiger partial charge in [0.15, 0.2) is 0 Å². The zero-order chi connectivity index (χ0) is 14.3. The Morgan fingerprint density at radius 2 is 2.16 bits per heavy atom. The summed E-state index contributed by atoms with van der Waals surface area (Å²) in [5.41, 5.74) is 0.915. The Morgan fingerprint density at radius 3 is 2.74 bits per heavy atom. The van der Waals surface area contributed by atoms with Gasteiger partial charge in [-0.2, -0.15) is 0 Å². The summed E-state index contributed by atoms with van der Waals surface area (Å²) < 4.78 is 5.92. The quantitative estimate of drug-likeness (QED) is 0.759. The van der Waals surface area contributed by atoms with E-state index in [1.54, 1.807) is 0 Å². The summed E-state index contributed by atoms with van der Waals surface area (Å²) in [4.78, 5) is 0. The summed E-state index contributed by atoms with van der Waals surface area (Å²) >= 11 is 0. The number of benzene rings is 1. The first-order valence-corrected chi connectivity index (χ1v) is 7.08. The van der Waals surface area contributed by atoms with E-state index in [0.29, 0.717) is 0 Å². The number of hydrogen-bond donors (Lipinski definition) is 2. The van der Waals surface area contributed by atoms with Gasteiger partial charge in [-0.05, 0) is 51.4 Å². The van der Waals surface area contributed by atoms with E-state index in [4.69, 9.17) is 4.74 Å². The topological polar surface area (TPSA) is 41.5 Å². The molecule has 1 aromatic rings. The second kappa shape index (κ2) is 7.51. The zero-order valence-corrected chi connectivity index (χ0v) is 12.6. The lowest BCUT2D eigenvalue weighted by molar-refractivity contribution is 0.110. The van der Waals surface area contributed by atoms with Crippen LogP contribution in [0.1, 0.15) is 39.2 Å². The lowest BCUT2D eigenvalue weighted by Crippen LogP contribution is -2.48. The molecule has 0 fully saturated rings. The Morgan fingerprint density at radius 1 is 1.42 bits per heavy atom. The number of ether oxygens (including phenoxy) is 1. The minimum absolute atomic E-state index is 0.0586. The Labute approximate surface area is 117 Å². The van der Waals surface area contributed by atoms with Crippen molar-refractivity contribution in [3.8, 4) is 5.75 Å². The van der Waals surface area contributed by atoms with Crippen LogP contribution in [0.25, 0.3) is 0 Å². The second-order valence-corrected chi connectivity index (χ2v) is 5.59. The highest BCUT2D eigenvalue weighted by Crippen LogP contribution is 2.19. The van der Waals surface area contributed by atoms with Gasteiger partial charge in [-0.3, -0.25) is 0 Å². The number of rotatable bonds is 8. The van der Waals surface area contributed by atoms with Crippen LogP contribution in [0, 0.1) is 6.92 Å². The van der Waals surface area contributed by atoms with Crippen LogP contribution in [0.2, 0.25) is 0 Å². The summed E-state index contributed by atoms with van der Waals surface area (Å²) in [6.07, 6.45) is 1.89. The van der Waals surface area contributed by atoms with Crippen molar-refractivity contribution in [1.29, 1.82) is 0 Å². The highest BCUT2D eigenvalue weighted by Gasteiger charge is 2.25. The smallest absolute Gasteiger partial charge is 0.119 e. The van der Waals surface area contributed by atoms with Crippen molar-refractivity contribution in [3.63, 3.8) is 0 Å². The number of hydrogen-bond acceptors (Lipinski definition) is 3. The second-order valence-electron chi connectivity index (χ2n) is 5.59. The van der Waals surface area contributed by atoms with Crippen molar-refractivity contribution in [2.45, 2.75) is 52.2 Å². The van der Waals surface area contributed by atoms with E-state index in [1.165, 1.54) is 5.56 Å². The minimum atomic E-state index is -0.279. The third-order valence-corrected chi connectivity index (χ3v) is 3.22. The molecule has 0 amide bonds. The lowest BCUT2D eigenvalue weighted by atomic mass is 9.95. The minimum Gasteiger partial charge on any atom is -0.491 e. The molecule has 2 unspecified atom stereocenters. The van der Waals surface area contributed by atoms with Crippen molar-refractivity contribution in [2.24, 2.45) is 0 Å². The van der Waals surface area contributed by atoms with Crippen molar-refractivity contribution in [1.82, 2.24) is 5.32 Å². The number of aliphatic hydroxyl groups is 1. The standard InChI is InChI=1S/C16H27NO2/c1-5-9-17-16(4,12-18)11-14(3)19-15-8-6-7-13(2)10-15/h6-8,10,14,17-18H,5,9,11-12H2,1-4H3. The highest BCUT2D eigenvalue weighted by atomic mass is 16.5. The largest absolute Gasteiger partial charge is 0.491 e. The van der Waals surface area contributed by atoms with Crippen LogP contribution in [0.15, 0.2) is 24.3 Å². The Bertz CT molecular complexity index is 381. The third kappa shape index (κ3) is 5.62. The van der Waals surface area contributed by atoms with Crippen LogP contribution in [-0.2, 0) is 0 Å². The fourth-order valence-corrected chi connectivity index (χ4v) is 2.22. The van der Waals surface area contributed by atoms with Gasteiger partial charge in [-0.1, -0.05) is 19.1 Å². The normalized spacial score (nSPS) is 15.8. The summed E-state index contributed by atoms with van der Waals surface area (Å²) in [5, 5.41) is 12.9. The van der Waals surface area contributed by atoms with E-state index in [9.17, 15) is 5.11 Å². The molecule has 1 rings (SSSR count). The van der Waals surface area contributed by atoms with Crippen LogP contribution in [-0.4, -0.2) is 29.9 Å². The van der Waals surface area contributed by atoms with E-state index < -0.39 is 0 Å². The molecular formula is C16H27NO2. The summed E-state index contributed by atoms with van der Waals surface area (Å²) in [5.74, 6) is 0.892. The molecule has 108 valence electrons. The molecule has 0 heterocycles. The molecule has 1 aromatic carbocycles. The summed E-state index contributed by atoms with van der Waals surface area (Å²) in [6.45, 7) is 9.29. The van der Waals surface area contributed by atoms with Crippen molar-refractivity contribution >= 4 is 0 Å². The molecule has 3 nitrogen and oxygen atoms in total. The van der Waals surface area contributed by atoms with Gasteiger partial charge in [0.1, 0.15) is 5.75 Å². The Kier molecular flexibility index (Phi) is 6.32. The molecule has 0 spiro atoms. The molecule has 2 atom stereocenters. The maximum atomic E-state index is 9.55. The SMILES string of the molecule is CCCNC(C)(CO)CC(C)Oc1cccc(C)c1. The predicted octanol–water partition coefficient (Wildman–Crippen LogP) is 2.90. The third-order valence-electron chi connectivity index (χ3n) is 3.22. The first-order valence-electron chi connectivity index (χ1n) is 7.08. The van der Waals surface area contributed by atoms with E-state index in [1.807, 2.05) is 32.0 Å². The van der Waals surface area contributed by atoms with Gasteiger partial charge in [-0.15, -0.1) is 0 Å². The summed E-state index contributed by atoms with van der Waals surface area (Å²) in [7, 11) is 0. The zero-order valence-electron chi connectivity index (χ0n) is 12.6. The van der Waals surface area contributed by atoms with E-state index in [-0.39, 0.29) is 18.2 Å². The van der Waals surface area contributed by atoms with E-state index in [2.05, 4.69) is 25.2 Å². The molecule has 3 heteroatoms. The number of nitrogens with one attached hydrogen (secondary N) is 1. The van der Waals surface area contributed by atoms with Crippen molar-refractivity contribution in [2.75, 3.05) is 13.2 Å². The van der Waals surface area contributed by atoms with Gasteiger partial charge >= 0.3 is 0 Å². The average molecular weight is 265 g/mol. The molecule has 2 N–H and O–H groups in total. The fourth-order valence-electron chi connectivity index (χ4n) is 2.22. The number of aliphatic hydroxyl groups excluding tert-OH is 1. The fraction of sp³-hybridized carbons (Fsp3) is 0.625. The molecule has 19 heavy (non-hydrogen) atoms. The first kappa shape index (κ1) is 16.0.